The van der Waals surface area contributed by atoms with E-state index in [1.54, 1.807) is 17.7 Å². The Bertz CT molecular complexity index is 1280. The van der Waals surface area contributed by atoms with Crippen LogP contribution in [0.4, 0.5) is 0 Å². The highest BCUT2D eigenvalue weighted by atomic mass is 16.5. The van der Waals surface area contributed by atoms with Crippen molar-refractivity contribution in [3.63, 3.8) is 0 Å². The molecule has 1 aliphatic rings. The zero-order valence-corrected chi connectivity index (χ0v) is 17.3. The summed E-state index contributed by atoms with van der Waals surface area (Å²) in [7, 11) is 1.78. The Labute approximate surface area is 174 Å². The number of benzene rings is 2. The Balaban J connectivity index is 0.000000147. The van der Waals surface area contributed by atoms with E-state index in [2.05, 4.69) is 10.6 Å². The second-order valence-corrected chi connectivity index (χ2v) is 7.41. The Hall–Kier alpha value is -3.54. The number of carboxylic acids is 1. The summed E-state index contributed by atoms with van der Waals surface area (Å²) in [4.78, 5) is 22.7. The minimum atomic E-state index is -0.886. The third-order valence-corrected chi connectivity index (χ3v) is 5.57. The number of fused-ring (bicyclic) bond motifs is 1. The van der Waals surface area contributed by atoms with Crippen molar-refractivity contribution in [2.75, 3.05) is 6.61 Å². The van der Waals surface area contributed by atoms with Gasteiger partial charge in [-0.2, -0.15) is 0 Å². The van der Waals surface area contributed by atoms with Crippen LogP contribution >= 0.6 is 0 Å². The van der Waals surface area contributed by atoms with Gasteiger partial charge in [0.05, 0.1) is 17.6 Å². The molecule has 2 aromatic carbocycles. The summed E-state index contributed by atoms with van der Waals surface area (Å²) in [5, 5.41) is 11.1. The molecule has 0 bridgehead atoms. The molecule has 0 fully saturated rings. The number of carboxylic acid groups (broad SMARTS) is 1. The standard InChI is InChI=1S/C13H13NO2.C11H11NO2/c1-2-16-13(15)11-8-10-5-3-4-9-6-7-14(11)12(9)10;1-7-4-3-5-8-6-9(11(13)14)12(2)10(7)8/h3-5,8H,2,6-7H2,1H3;3-6H,1-2H3,(H,13,14). The Morgan fingerprint density at radius 2 is 1.70 bits per heavy atom. The lowest BCUT2D eigenvalue weighted by Gasteiger charge is -2.03. The third kappa shape index (κ3) is 3.24. The van der Waals surface area contributed by atoms with Gasteiger partial charge in [0, 0.05) is 24.4 Å². The van der Waals surface area contributed by atoms with Gasteiger partial charge in [-0.05, 0) is 43.5 Å². The van der Waals surface area contributed by atoms with Gasteiger partial charge in [-0.3, -0.25) is 0 Å². The smallest absolute Gasteiger partial charge is 0.354 e. The Morgan fingerprint density at radius 3 is 2.37 bits per heavy atom. The first-order chi connectivity index (χ1) is 14.4. The molecule has 0 saturated heterocycles. The number of para-hydroxylation sites is 2. The predicted molar refractivity (Wildman–Crippen MR) is 116 cm³/mol. The second kappa shape index (κ2) is 7.71. The van der Waals surface area contributed by atoms with E-state index in [1.807, 2.05) is 50.2 Å². The van der Waals surface area contributed by atoms with Gasteiger partial charge in [-0.1, -0.05) is 36.4 Å². The van der Waals surface area contributed by atoms with Crippen molar-refractivity contribution in [3.05, 3.63) is 71.0 Å². The van der Waals surface area contributed by atoms with E-state index in [4.69, 9.17) is 9.84 Å². The van der Waals surface area contributed by atoms with Crippen molar-refractivity contribution in [3.8, 4) is 0 Å². The zero-order chi connectivity index (χ0) is 21.4. The highest BCUT2D eigenvalue weighted by Crippen LogP contribution is 2.29. The number of hydrogen-bond donors (Lipinski definition) is 1. The van der Waals surface area contributed by atoms with Crippen molar-refractivity contribution in [1.82, 2.24) is 9.13 Å². The summed E-state index contributed by atoms with van der Waals surface area (Å²) in [6.07, 6.45) is 1.01. The van der Waals surface area contributed by atoms with E-state index in [-0.39, 0.29) is 5.97 Å². The number of rotatable bonds is 3. The van der Waals surface area contributed by atoms with Crippen LogP contribution in [-0.2, 0) is 24.8 Å². The quantitative estimate of drug-likeness (QED) is 0.508. The fraction of sp³-hybridized carbons (Fsp3) is 0.250. The maximum absolute atomic E-state index is 11.8. The summed E-state index contributed by atoms with van der Waals surface area (Å²) < 4.78 is 8.85. The molecule has 1 N–H and O–H groups in total. The van der Waals surface area contributed by atoms with E-state index < -0.39 is 5.97 Å². The maximum atomic E-state index is 11.8. The van der Waals surface area contributed by atoms with Crippen LogP contribution < -0.4 is 0 Å². The second-order valence-electron chi connectivity index (χ2n) is 7.41. The fourth-order valence-electron chi connectivity index (χ4n) is 4.27. The lowest BCUT2D eigenvalue weighted by atomic mass is 10.1. The number of esters is 1. The van der Waals surface area contributed by atoms with Crippen molar-refractivity contribution in [1.29, 1.82) is 0 Å². The lowest BCUT2D eigenvalue weighted by Crippen LogP contribution is -2.10. The number of carbonyl (C=O) groups is 2. The van der Waals surface area contributed by atoms with Gasteiger partial charge in [0.2, 0.25) is 0 Å². The van der Waals surface area contributed by atoms with Gasteiger partial charge in [-0.15, -0.1) is 0 Å². The number of carbonyl (C=O) groups excluding carboxylic acids is 1. The monoisotopic (exact) mass is 404 g/mol. The maximum Gasteiger partial charge on any atom is 0.354 e. The van der Waals surface area contributed by atoms with Crippen LogP contribution in [0.3, 0.4) is 0 Å². The molecule has 6 heteroatoms. The molecule has 0 atom stereocenters. The largest absolute Gasteiger partial charge is 0.477 e. The molecule has 1 aliphatic heterocycles. The summed E-state index contributed by atoms with van der Waals surface area (Å²) in [5.74, 6) is -1.10. The summed E-state index contributed by atoms with van der Waals surface area (Å²) in [6.45, 7) is 5.12. The van der Waals surface area contributed by atoms with Crippen LogP contribution in [0.2, 0.25) is 0 Å². The van der Waals surface area contributed by atoms with Crippen LogP contribution in [0.1, 0.15) is 39.0 Å². The average molecular weight is 404 g/mol. The van der Waals surface area contributed by atoms with Gasteiger partial charge in [-0.25, -0.2) is 9.59 Å². The highest BCUT2D eigenvalue weighted by Gasteiger charge is 2.22. The van der Waals surface area contributed by atoms with Crippen molar-refractivity contribution < 1.29 is 19.4 Å². The first kappa shape index (κ1) is 19.8. The summed E-state index contributed by atoms with van der Waals surface area (Å²) >= 11 is 0. The van der Waals surface area contributed by atoms with Gasteiger partial charge in [0.15, 0.2) is 0 Å². The molecule has 3 heterocycles. The third-order valence-electron chi connectivity index (χ3n) is 5.57. The minimum absolute atomic E-state index is 0.216. The SMILES string of the molecule is CCOC(=O)c1cc2cccc3c2n1CC3.Cc1cccc2cc(C(=O)O)n(C)c12. The molecule has 0 radical (unpaired) electrons. The van der Waals surface area contributed by atoms with Crippen LogP contribution in [0.5, 0.6) is 0 Å². The molecule has 0 unspecified atom stereocenters. The molecule has 0 aliphatic carbocycles. The molecular weight excluding hydrogens is 380 g/mol. The lowest BCUT2D eigenvalue weighted by molar-refractivity contribution is 0.0514. The number of aromatic nitrogens is 2. The number of aromatic carboxylic acids is 1. The zero-order valence-electron chi connectivity index (χ0n) is 17.3. The summed E-state index contributed by atoms with van der Waals surface area (Å²) in [5.41, 5.74) is 5.62. The summed E-state index contributed by atoms with van der Waals surface area (Å²) in [6, 6.07) is 15.7. The number of aryl methyl sites for hydroxylation is 4. The van der Waals surface area contributed by atoms with Crippen molar-refractivity contribution >= 4 is 33.7 Å². The topological polar surface area (TPSA) is 73.5 Å². The van der Waals surface area contributed by atoms with E-state index >= 15 is 0 Å². The first-order valence-corrected chi connectivity index (χ1v) is 9.99. The molecule has 154 valence electrons. The Kier molecular flexibility index (Phi) is 5.08. The number of hydrogen-bond acceptors (Lipinski definition) is 3. The molecule has 0 amide bonds. The molecule has 2 aromatic heterocycles. The highest BCUT2D eigenvalue weighted by molar-refractivity contribution is 5.97. The van der Waals surface area contributed by atoms with Gasteiger partial charge < -0.3 is 19.0 Å². The molecule has 30 heavy (non-hydrogen) atoms. The number of ether oxygens (including phenoxy) is 1. The molecule has 5 rings (SSSR count). The molecule has 6 nitrogen and oxygen atoms in total. The van der Waals surface area contributed by atoms with Crippen LogP contribution in [0.15, 0.2) is 48.5 Å². The van der Waals surface area contributed by atoms with Crippen molar-refractivity contribution in [2.24, 2.45) is 7.05 Å². The minimum Gasteiger partial charge on any atom is -0.477 e. The van der Waals surface area contributed by atoms with E-state index in [1.165, 1.54) is 11.1 Å². The molecular formula is C24H24N2O4. The average Bonchev–Trinajstić information content (AvgIpc) is 3.40. The van der Waals surface area contributed by atoms with Gasteiger partial charge >= 0.3 is 11.9 Å². The first-order valence-electron chi connectivity index (χ1n) is 9.99. The van der Waals surface area contributed by atoms with Crippen LogP contribution in [0, 0.1) is 6.92 Å². The van der Waals surface area contributed by atoms with Gasteiger partial charge in [0.25, 0.3) is 0 Å². The van der Waals surface area contributed by atoms with Gasteiger partial charge in [0.1, 0.15) is 11.4 Å². The van der Waals surface area contributed by atoms with E-state index in [9.17, 15) is 9.59 Å². The number of nitrogens with zero attached hydrogens (tertiary/aromatic N) is 2. The normalized spacial score (nSPS) is 12.1. The van der Waals surface area contributed by atoms with E-state index in [0.717, 1.165) is 34.8 Å². The van der Waals surface area contributed by atoms with Crippen LogP contribution in [0.25, 0.3) is 21.8 Å². The van der Waals surface area contributed by atoms with Crippen molar-refractivity contribution in [2.45, 2.75) is 26.8 Å². The molecule has 0 spiro atoms. The molecule has 0 saturated carbocycles. The fourth-order valence-corrected chi connectivity index (χ4v) is 4.27. The van der Waals surface area contributed by atoms with E-state index in [0.29, 0.717) is 18.0 Å². The molecule has 4 aromatic rings. The van der Waals surface area contributed by atoms with Crippen LogP contribution in [-0.4, -0.2) is 32.8 Å². The predicted octanol–water partition coefficient (Wildman–Crippen LogP) is 4.56. The Morgan fingerprint density at radius 1 is 1.03 bits per heavy atom.